The summed E-state index contributed by atoms with van der Waals surface area (Å²) >= 11 is 0. The van der Waals surface area contributed by atoms with E-state index in [4.69, 9.17) is 0 Å². The summed E-state index contributed by atoms with van der Waals surface area (Å²) in [7, 11) is 0. The van der Waals surface area contributed by atoms with Gasteiger partial charge in [-0.15, -0.1) is 0 Å². The van der Waals surface area contributed by atoms with Crippen LogP contribution in [-0.4, -0.2) is 28.3 Å². The predicted octanol–water partition coefficient (Wildman–Crippen LogP) is 2.16. The molecule has 106 valence electrons. The lowest BCUT2D eigenvalue weighted by atomic mass is 10.3. The molecule has 1 saturated carbocycles. The van der Waals surface area contributed by atoms with Gasteiger partial charge >= 0.3 is 0 Å². The number of amides is 1. The molecule has 1 fully saturated rings. The van der Waals surface area contributed by atoms with Gasteiger partial charge in [-0.1, -0.05) is 0 Å². The Kier molecular flexibility index (Phi) is 4.24. The summed E-state index contributed by atoms with van der Waals surface area (Å²) in [6.07, 6.45) is 3.02. The zero-order valence-corrected chi connectivity index (χ0v) is 12.3. The second kappa shape index (κ2) is 5.74. The highest BCUT2D eigenvalue weighted by molar-refractivity contribution is 5.92. The molecular formula is C14H24N4O. The lowest BCUT2D eigenvalue weighted by Crippen LogP contribution is -2.23. The van der Waals surface area contributed by atoms with E-state index in [-0.39, 0.29) is 5.91 Å². The van der Waals surface area contributed by atoms with Crippen LogP contribution in [0.3, 0.4) is 0 Å². The Hall–Kier alpha value is -1.36. The van der Waals surface area contributed by atoms with Gasteiger partial charge < -0.3 is 10.6 Å². The van der Waals surface area contributed by atoms with Crippen LogP contribution < -0.4 is 10.6 Å². The Balaban J connectivity index is 1.91. The van der Waals surface area contributed by atoms with Gasteiger partial charge in [0.25, 0.3) is 0 Å². The van der Waals surface area contributed by atoms with Crippen molar-refractivity contribution in [3.8, 4) is 0 Å². The number of hydrogen-bond acceptors (Lipinski definition) is 3. The van der Waals surface area contributed by atoms with E-state index in [9.17, 15) is 4.79 Å². The molecule has 0 aromatic carbocycles. The van der Waals surface area contributed by atoms with Crippen LogP contribution in [0.1, 0.15) is 50.5 Å². The highest BCUT2D eigenvalue weighted by atomic mass is 16.1. The third kappa shape index (κ3) is 3.56. The maximum absolute atomic E-state index is 11.9. The zero-order valence-electron chi connectivity index (χ0n) is 12.3. The van der Waals surface area contributed by atoms with E-state index in [1.807, 2.05) is 18.5 Å². The molecule has 0 bridgehead atoms. The van der Waals surface area contributed by atoms with Gasteiger partial charge in [0.2, 0.25) is 5.91 Å². The van der Waals surface area contributed by atoms with Crippen molar-refractivity contribution >= 4 is 11.6 Å². The first-order valence-corrected chi connectivity index (χ1v) is 7.08. The monoisotopic (exact) mass is 264 g/mol. The quantitative estimate of drug-likeness (QED) is 0.828. The van der Waals surface area contributed by atoms with Crippen molar-refractivity contribution in [3.05, 3.63) is 11.4 Å². The van der Waals surface area contributed by atoms with Crippen molar-refractivity contribution in [2.45, 2.75) is 59.0 Å². The molecule has 1 amide bonds. The molecular weight excluding hydrogens is 240 g/mol. The van der Waals surface area contributed by atoms with Crippen LogP contribution in [0.25, 0.3) is 0 Å². The van der Waals surface area contributed by atoms with Gasteiger partial charge in [0.15, 0.2) is 0 Å². The molecule has 1 aliphatic carbocycles. The molecule has 2 rings (SSSR count). The third-order valence-corrected chi connectivity index (χ3v) is 3.44. The second-order valence-electron chi connectivity index (χ2n) is 5.61. The fourth-order valence-corrected chi connectivity index (χ4v) is 2.23. The molecule has 0 unspecified atom stereocenters. The van der Waals surface area contributed by atoms with Gasteiger partial charge in [-0.05, 0) is 40.5 Å². The Bertz CT molecular complexity index is 460. The molecule has 19 heavy (non-hydrogen) atoms. The minimum absolute atomic E-state index is 0.0580. The van der Waals surface area contributed by atoms with Gasteiger partial charge in [0.1, 0.15) is 0 Å². The van der Waals surface area contributed by atoms with Crippen molar-refractivity contribution < 1.29 is 4.79 Å². The number of carbonyl (C=O) groups is 1. The standard InChI is InChI=1S/C14H24N4O/c1-9(2)18-11(4)14(10(3)17-18)16-13(19)7-8-15-12-5-6-12/h9,12,15H,5-8H2,1-4H3,(H,16,19). The van der Waals surface area contributed by atoms with Crippen LogP contribution >= 0.6 is 0 Å². The summed E-state index contributed by atoms with van der Waals surface area (Å²) in [5.74, 6) is 0.0580. The number of hydrogen-bond donors (Lipinski definition) is 2. The van der Waals surface area contributed by atoms with Crippen LogP contribution in [0.2, 0.25) is 0 Å². The maximum atomic E-state index is 11.9. The first-order valence-electron chi connectivity index (χ1n) is 7.08. The second-order valence-corrected chi connectivity index (χ2v) is 5.61. The molecule has 0 radical (unpaired) electrons. The number of nitrogens with one attached hydrogen (secondary N) is 2. The zero-order chi connectivity index (χ0) is 14.0. The normalized spacial score (nSPS) is 15.0. The molecule has 1 aliphatic rings. The SMILES string of the molecule is Cc1nn(C(C)C)c(C)c1NC(=O)CCNC1CC1. The molecule has 0 aliphatic heterocycles. The number of carbonyl (C=O) groups excluding carboxylic acids is 1. The number of nitrogens with zero attached hydrogens (tertiary/aromatic N) is 2. The lowest BCUT2D eigenvalue weighted by Gasteiger charge is -2.09. The molecule has 1 aromatic heterocycles. The highest BCUT2D eigenvalue weighted by Gasteiger charge is 2.20. The molecule has 1 heterocycles. The van der Waals surface area contributed by atoms with Crippen molar-refractivity contribution in [3.63, 3.8) is 0 Å². The third-order valence-electron chi connectivity index (χ3n) is 3.44. The number of aryl methyl sites for hydroxylation is 1. The number of anilines is 1. The Morgan fingerprint density at radius 1 is 1.42 bits per heavy atom. The van der Waals surface area contributed by atoms with Gasteiger partial charge in [-0.3, -0.25) is 9.48 Å². The number of rotatable bonds is 6. The predicted molar refractivity (Wildman–Crippen MR) is 76.4 cm³/mol. The van der Waals surface area contributed by atoms with E-state index in [2.05, 4.69) is 29.6 Å². The van der Waals surface area contributed by atoms with Crippen molar-refractivity contribution in [1.29, 1.82) is 0 Å². The fraction of sp³-hybridized carbons (Fsp3) is 0.714. The first kappa shape index (κ1) is 14.1. The lowest BCUT2D eigenvalue weighted by molar-refractivity contribution is -0.116. The van der Waals surface area contributed by atoms with Crippen LogP contribution in [0.5, 0.6) is 0 Å². The first-order chi connectivity index (χ1) is 8.99. The molecule has 0 atom stereocenters. The summed E-state index contributed by atoms with van der Waals surface area (Å²) < 4.78 is 1.95. The van der Waals surface area contributed by atoms with E-state index in [0.717, 1.165) is 23.6 Å². The maximum Gasteiger partial charge on any atom is 0.225 e. The van der Waals surface area contributed by atoms with Crippen molar-refractivity contribution in [2.24, 2.45) is 0 Å². The van der Waals surface area contributed by atoms with E-state index >= 15 is 0 Å². The van der Waals surface area contributed by atoms with Gasteiger partial charge in [-0.25, -0.2) is 0 Å². The van der Waals surface area contributed by atoms with Crippen molar-refractivity contribution in [2.75, 3.05) is 11.9 Å². The van der Waals surface area contributed by atoms with Crippen LogP contribution in [-0.2, 0) is 4.79 Å². The van der Waals surface area contributed by atoms with E-state index < -0.39 is 0 Å². The Morgan fingerprint density at radius 2 is 2.11 bits per heavy atom. The van der Waals surface area contributed by atoms with Gasteiger partial charge in [0, 0.05) is 25.0 Å². The van der Waals surface area contributed by atoms with Crippen LogP contribution in [0, 0.1) is 13.8 Å². The molecule has 0 spiro atoms. The summed E-state index contributed by atoms with van der Waals surface area (Å²) in [5.41, 5.74) is 2.77. The average molecular weight is 264 g/mol. The summed E-state index contributed by atoms with van der Waals surface area (Å²) in [5, 5.41) is 10.8. The largest absolute Gasteiger partial charge is 0.323 e. The highest BCUT2D eigenvalue weighted by Crippen LogP contribution is 2.22. The van der Waals surface area contributed by atoms with Crippen LogP contribution in [0.15, 0.2) is 0 Å². The fourth-order valence-electron chi connectivity index (χ4n) is 2.23. The number of aromatic nitrogens is 2. The topological polar surface area (TPSA) is 59.0 Å². The molecule has 5 nitrogen and oxygen atoms in total. The van der Waals surface area contributed by atoms with Crippen LogP contribution in [0.4, 0.5) is 5.69 Å². The molecule has 2 N–H and O–H groups in total. The summed E-state index contributed by atoms with van der Waals surface area (Å²) in [6.45, 7) is 8.87. The molecule has 0 saturated heterocycles. The smallest absolute Gasteiger partial charge is 0.225 e. The van der Waals surface area contributed by atoms with E-state index in [1.165, 1.54) is 12.8 Å². The van der Waals surface area contributed by atoms with E-state index in [1.54, 1.807) is 0 Å². The average Bonchev–Trinajstić information content (AvgIpc) is 3.11. The molecule has 1 aromatic rings. The van der Waals surface area contributed by atoms with Gasteiger partial charge in [0.05, 0.1) is 17.1 Å². The summed E-state index contributed by atoms with van der Waals surface area (Å²) in [6, 6.07) is 0.959. The minimum Gasteiger partial charge on any atom is -0.323 e. The molecule has 5 heteroatoms. The van der Waals surface area contributed by atoms with Crippen molar-refractivity contribution in [1.82, 2.24) is 15.1 Å². The van der Waals surface area contributed by atoms with Gasteiger partial charge in [-0.2, -0.15) is 5.10 Å². The summed E-state index contributed by atoms with van der Waals surface area (Å²) in [4.78, 5) is 11.9. The minimum atomic E-state index is 0.0580. The Morgan fingerprint density at radius 3 is 2.63 bits per heavy atom. The van der Waals surface area contributed by atoms with E-state index in [0.29, 0.717) is 18.5 Å². The Labute approximate surface area is 114 Å².